The second kappa shape index (κ2) is 10.6. The quantitative estimate of drug-likeness (QED) is 0.525. The van der Waals surface area contributed by atoms with E-state index in [1.807, 2.05) is 66.7 Å². The van der Waals surface area contributed by atoms with E-state index in [-0.39, 0.29) is 5.91 Å². The minimum Gasteiger partial charge on any atom is -0.495 e. The summed E-state index contributed by atoms with van der Waals surface area (Å²) in [6.07, 6.45) is 4.92. The molecule has 0 bridgehead atoms. The van der Waals surface area contributed by atoms with Crippen LogP contribution in [0.3, 0.4) is 0 Å². The summed E-state index contributed by atoms with van der Waals surface area (Å²) in [5, 5.41) is 5.94. The van der Waals surface area contributed by atoms with Crippen molar-refractivity contribution in [2.24, 2.45) is 0 Å². The largest absolute Gasteiger partial charge is 0.495 e. The van der Waals surface area contributed by atoms with Gasteiger partial charge in [-0.3, -0.25) is 4.79 Å². The SMILES string of the molecule is COc1ccc(C(=O)NC(C=O)Cc2ccccc2)cc1NC=Cc1ccccc1. The predicted molar refractivity (Wildman–Crippen MR) is 120 cm³/mol. The van der Waals surface area contributed by atoms with Crippen LogP contribution in [-0.2, 0) is 11.2 Å². The Morgan fingerprint density at radius 1 is 1.00 bits per heavy atom. The van der Waals surface area contributed by atoms with Gasteiger partial charge in [0.25, 0.3) is 5.91 Å². The van der Waals surface area contributed by atoms with Crippen molar-refractivity contribution in [3.8, 4) is 5.75 Å². The van der Waals surface area contributed by atoms with Gasteiger partial charge >= 0.3 is 0 Å². The Balaban J connectivity index is 1.70. The number of hydrogen-bond donors (Lipinski definition) is 2. The third kappa shape index (κ3) is 5.82. The molecule has 30 heavy (non-hydrogen) atoms. The molecule has 0 radical (unpaired) electrons. The molecule has 1 amide bonds. The lowest BCUT2D eigenvalue weighted by Crippen LogP contribution is -2.37. The lowest BCUT2D eigenvalue weighted by Gasteiger charge is -2.14. The first kappa shape index (κ1) is 20.9. The minimum absolute atomic E-state index is 0.319. The fourth-order valence-corrected chi connectivity index (χ4v) is 3.01. The summed E-state index contributed by atoms with van der Waals surface area (Å²) in [5.74, 6) is 0.293. The van der Waals surface area contributed by atoms with Crippen molar-refractivity contribution in [1.29, 1.82) is 0 Å². The molecule has 0 aliphatic heterocycles. The molecule has 3 aromatic rings. The molecule has 0 aromatic heterocycles. The molecule has 3 aromatic carbocycles. The zero-order valence-corrected chi connectivity index (χ0v) is 16.7. The van der Waals surface area contributed by atoms with Crippen molar-refractivity contribution in [3.63, 3.8) is 0 Å². The zero-order chi connectivity index (χ0) is 21.2. The molecule has 0 spiro atoms. The highest BCUT2D eigenvalue weighted by atomic mass is 16.5. The number of carbonyl (C=O) groups is 2. The summed E-state index contributed by atoms with van der Waals surface area (Å²) in [6, 6.07) is 23.9. The molecule has 152 valence electrons. The molecule has 0 fully saturated rings. The summed E-state index contributed by atoms with van der Waals surface area (Å²) >= 11 is 0. The van der Waals surface area contributed by atoms with E-state index in [0.717, 1.165) is 17.4 Å². The van der Waals surface area contributed by atoms with Crippen LogP contribution >= 0.6 is 0 Å². The molecule has 2 N–H and O–H groups in total. The molecule has 1 atom stereocenters. The zero-order valence-electron chi connectivity index (χ0n) is 16.7. The summed E-state index contributed by atoms with van der Waals surface area (Å²) in [5.41, 5.74) is 3.13. The molecule has 0 saturated heterocycles. The van der Waals surface area contributed by atoms with Crippen molar-refractivity contribution in [2.75, 3.05) is 12.4 Å². The Morgan fingerprint density at radius 2 is 1.70 bits per heavy atom. The number of hydrogen-bond acceptors (Lipinski definition) is 4. The van der Waals surface area contributed by atoms with E-state index < -0.39 is 6.04 Å². The molecule has 0 aliphatic carbocycles. The summed E-state index contributed by atoms with van der Waals surface area (Å²) < 4.78 is 5.38. The van der Waals surface area contributed by atoms with Gasteiger partial charge in [0, 0.05) is 11.8 Å². The van der Waals surface area contributed by atoms with Gasteiger partial charge < -0.3 is 20.2 Å². The Labute approximate surface area is 176 Å². The van der Waals surface area contributed by atoms with E-state index in [0.29, 0.717) is 23.4 Å². The highest BCUT2D eigenvalue weighted by molar-refractivity contribution is 5.97. The average Bonchev–Trinajstić information content (AvgIpc) is 2.80. The van der Waals surface area contributed by atoms with Gasteiger partial charge in [0.15, 0.2) is 0 Å². The van der Waals surface area contributed by atoms with Crippen LogP contribution in [0.4, 0.5) is 5.69 Å². The fourth-order valence-electron chi connectivity index (χ4n) is 3.01. The molecule has 5 heteroatoms. The number of anilines is 1. The second-order valence-electron chi connectivity index (χ2n) is 6.71. The maximum atomic E-state index is 12.7. The first-order valence-corrected chi connectivity index (χ1v) is 9.66. The van der Waals surface area contributed by atoms with Gasteiger partial charge in [0.05, 0.1) is 18.8 Å². The van der Waals surface area contributed by atoms with Gasteiger partial charge in [0.2, 0.25) is 0 Å². The molecular weight excluding hydrogens is 376 g/mol. The molecule has 0 heterocycles. The third-order valence-corrected chi connectivity index (χ3v) is 4.56. The fraction of sp³-hybridized carbons (Fsp3) is 0.120. The average molecular weight is 400 g/mol. The lowest BCUT2D eigenvalue weighted by molar-refractivity contribution is -0.109. The minimum atomic E-state index is -0.601. The van der Waals surface area contributed by atoms with Crippen molar-refractivity contribution >= 4 is 24.0 Å². The van der Waals surface area contributed by atoms with E-state index in [1.165, 1.54) is 0 Å². The summed E-state index contributed by atoms with van der Waals surface area (Å²) in [4.78, 5) is 24.2. The Morgan fingerprint density at radius 3 is 2.37 bits per heavy atom. The molecule has 0 aliphatic rings. The van der Waals surface area contributed by atoms with Crippen LogP contribution in [0.15, 0.2) is 85.1 Å². The van der Waals surface area contributed by atoms with Gasteiger partial charge in [0.1, 0.15) is 12.0 Å². The lowest BCUT2D eigenvalue weighted by atomic mass is 10.1. The second-order valence-corrected chi connectivity index (χ2v) is 6.71. The maximum Gasteiger partial charge on any atom is 0.251 e. The van der Waals surface area contributed by atoms with Gasteiger partial charge in [-0.1, -0.05) is 60.7 Å². The number of rotatable bonds is 9. The smallest absolute Gasteiger partial charge is 0.251 e. The van der Waals surface area contributed by atoms with Gasteiger partial charge in [-0.15, -0.1) is 0 Å². The topological polar surface area (TPSA) is 67.4 Å². The van der Waals surface area contributed by atoms with Crippen LogP contribution in [0.2, 0.25) is 0 Å². The van der Waals surface area contributed by atoms with Crippen LogP contribution in [0.5, 0.6) is 5.75 Å². The molecular formula is C25H24N2O3. The van der Waals surface area contributed by atoms with Crippen LogP contribution in [0.25, 0.3) is 6.08 Å². The number of ether oxygens (including phenoxy) is 1. The standard InChI is InChI=1S/C25H24N2O3/c1-30-24-13-12-21(17-23(24)26-15-14-19-8-4-2-5-9-19)25(29)27-22(18-28)16-20-10-6-3-7-11-20/h2-15,17-18,22,26H,16H2,1H3,(H,27,29). The Bertz CT molecular complexity index is 1000. The summed E-state index contributed by atoms with van der Waals surface area (Å²) in [7, 11) is 1.57. The van der Waals surface area contributed by atoms with Crippen molar-refractivity contribution in [1.82, 2.24) is 5.32 Å². The Kier molecular flexibility index (Phi) is 7.39. The number of nitrogens with one attached hydrogen (secondary N) is 2. The number of methoxy groups -OCH3 is 1. The summed E-state index contributed by atoms with van der Waals surface area (Å²) in [6.45, 7) is 0. The monoisotopic (exact) mass is 400 g/mol. The first-order chi connectivity index (χ1) is 14.7. The van der Waals surface area contributed by atoms with Crippen LogP contribution < -0.4 is 15.4 Å². The van der Waals surface area contributed by atoms with E-state index in [4.69, 9.17) is 4.74 Å². The number of benzene rings is 3. The third-order valence-electron chi connectivity index (χ3n) is 4.56. The van der Waals surface area contributed by atoms with E-state index in [1.54, 1.807) is 31.5 Å². The normalized spacial score (nSPS) is 11.6. The van der Waals surface area contributed by atoms with E-state index in [2.05, 4.69) is 10.6 Å². The molecule has 1 unspecified atom stereocenters. The van der Waals surface area contributed by atoms with Crippen molar-refractivity contribution < 1.29 is 14.3 Å². The first-order valence-electron chi connectivity index (χ1n) is 9.66. The number of carbonyl (C=O) groups excluding carboxylic acids is 2. The highest BCUT2D eigenvalue weighted by Crippen LogP contribution is 2.26. The van der Waals surface area contributed by atoms with Crippen LogP contribution in [-0.4, -0.2) is 25.3 Å². The Hall–Kier alpha value is -3.86. The highest BCUT2D eigenvalue weighted by Gasteiger charge is 2.15. The molecule has 3 rings (SSSR count). The number of amides is 1. The van der Waals surface area contributed by atoms with Gasteiger partial charge in [-0.05, 0) is 41.8 Å². The predicted octanol–water partition coefficient (Wildman–Crippen LogP) is 4.32. The van der Waals surface area contributed by atoms with Crippen LogP contribution in [0, 0.1) is 0 Å². The van der Waals surface area contributed by atoms with E-state index in [9.17, 15) is 9.59 Å². The maximum absolute atomic E-state index is 12.7. The molecule has 0 saturated carbocycles. The van der Waals surface area contributed by atoms with Crippen LogP contribution in [0.1, 0.15) is 21.5 Å². The van der Waals surface area contributed by atoms with Crippen molar-refractivity contribution in [3.05, 3.63) is 102 Å². The van der Waals surface area contributed by atoms with E-state index >= 15 is 0 Å². The molecule has 5 nitrogen and oxygen atoms in total. The van der Waals surface area contributed by atoms with Gasteiger partial charge in [-0.2, -0.15) is 0 Å². The number of aldehydes is 1. The van der Waals surface area contributed by atoms with Crippen molar-refractivity contribution in [2.45, 2.75) is 12.5 Å². The van der Waals surface area contributed by atoms with Gasteiger partial charge in [-0.25, -0.2) is 0 Å².